The normalized spacial score (nSPS) is 11.6. The summed E-state index contributed by atoms with van der Waals surface area (Å²) < 4.78 is 5.49. The molecule has 0 fully saturated rings. The number of terminal acetylenes is 1. The van der Waals surface area contributed by atoms with Gasteiger partial charge >= 0.3 is 0 Å². The second-order valence-electron chi connectivity index (χ2n) is 3.54. The molecule has 1 N–H and O–H groups in total. The lowest BCUT2D eigenvalue weighted by Crippen LogP contribution is -2.12. The average Bonchev–Trinajstić information content (AvgIpc) is 2.30. The van der Waals surface area contributed by atoms with Crippen molar-refractivity contribution < 1.29 is 4.74 Å². The Labute approximate surface area is 96.5 Å². The highest BCUT2D eigenvalue weighted by atomic mass is 16.5. The second kappa shape index (κ2) is 5.96. The Morgan fingerprint density at radius 3 is 3.00 bits per heavy atom. The van der Waals surface area contributed by atoms with Gasteiger partial charge in [0.25, 0.3) is 0 Å². The summed E-state index contributed by atoms with van der Waals surface area (Å²) in [5.41, 5.74) is 0.879. The topological polar surface area (TPSA) is 47.0 Å². The molecule has 0 radical (unpaired) electrons. The number of hydrogen-bond donors (Lipinski definition) is 1. The SMILES string of the molecule is C#CC(C)Oc1nc(NCCC)ncc1C. The van der Waals surface area contributed by atoms with Crippen LogP contribution in [-0.4, -0.2) is 22.6 Å². The Morgan fingerprint density at radius 1 is 1.62 bits per heavy atom. The van der Waals surface area contributed by atoms with Crippen molar-refractivity contribution in [3.05, 3.63) is 11.8 Å². The van der Waals surface area contributed by atoms with E-state index in [9.17, 15) is 0 Å². The van der Waals surface area contributed by atoms with E-state index in [1.807, 2.05) is 6.92 Å². The minimum Gasteiger partial charge on any atom is -0.461 e. The molecule has 4 nitrogen and oxygen atoms in total. The highest BCUT2D eigenvalue weighted by Gasteiger charge is 2.07. The van der Waals surface area contributed by atoms with Crippen molar-refractivity contribution in [2.24, 2.45) is 0 Å². The third kappa shape index (κ3) is 3.43. The van der Waals surface area contributed by atoms with Gasteiger partial charge in [0.15, 0.2) is 6.10 Å². The van der Waals surface area contributed by atoms with Gasteiger partial charge in [0.05, 0.1) is 0 Å². The Bertz CT molecular complexity index is 384. The first kappa shape index (κ1) is 12.3. The van der Waals surface area contributed by atoms with Gasteiger partial charge in [-0.15, -0.1) is 6.42 Å². The molecule has 0 saturated carbocycles. The molecule has 86 valence electrons. The standard InChI is InChI=1S/C12H17N3O/c1-5-7-13-12-14-8-9(3)11(15-12)16-10(4)6-2/h2,8,10H,5,7H2,1,3-4H3,(H,13,14,15). The molecule has 0 amide bonds. The number of rotatable bonds is 5. The molecule has 1 rings (SSSR count). The number of aryl methyl sites for hydroxylation is 1. The van der Waals surface area contributed by atoms with E-state index in [2.05, 4.69) is 28.1 Å². The van der Waals surface area contributed by atoms with Gasteiger partial charge in [-0.25, -0.2) is 4.98 Å². The summed E-state index contributed by atoms with van der Waals surface area (Å²) in [6.07, 6.45) is 7.72. The summed E-state index contributed by atoms with van der Waals surface area (Å²) in [7, 11) is 0. The van der Waals surface area contributed by atoms with Crippen molar-refractivity contribution in [2.45, 2.75) is 33.3 Å². The van der Waals surface area contributed by atoms with Gasteiger partial charge in [-0.2, -0.15) is 4.98 Å². The molecule has 1 aromatic heterocycles. The largest absolute Gasteiger partial charge is 0.461 e. The molecular weight excluding hydrogens is 202 g/mol. The quantitative estimate of drug-likeness (QED) is 0.769. The zero-order chi connectivity index (χ0) is 12.0. The molecule has 0 spiro atoms. The summed E-state index contributed by atoms with van der Waals surface area (Å²) in [4.78, 5) is 8.41. The average molecular weight is 219 g/mol. The van der Waals surface area contributed by atoms with Gasteiger partial charge in [0.2, 0.25) is 11.8 Å². The van der Waals surface area contributed by atoms with E-state index in [0.29, 0.717) is 11.8 Å². The Balaban J connectivity index is 2.78. The van der Waals surface area contributed by atoms with Gasteiger partial charge in [-0.05, 0) is 20.3 Å². The summed E-state index contributed by atoms with van der Waals surface area (Å²) in [5, 5.41) is 3.10. The molecule has 1 unspecified atom stereocenters. The van der Waals surface area contributed by atoms with Crippen molar-refractivity contribution in [2.75, 3.05) is 11.9 Å². The predicted octanol–water partition coefficient (Wildman–Crippen LogP) is 2.01. The molecule has 0 aromatic carbocycles. The highest BCUT2D eigenvalue weighted by Crippen LogP contribution is 2.16. The molecule has 4 heteroatoms. The first-order valence-electron chi connectivity index (χ1n) is 5.37. The zero-order valence-electron chi connectivity index (χ0n) is 9.95. The van der Waals surface area contributed by atoms with Crippen LogP contribution in [0, 0.1) is 19.3 Å². The minimum atomic E-state index is -0.285. The van der Waals surface area contributed by atoms with Crippen LogP contribution in [0.25, 0.3) is 0 Å². The van der Waals surface area contributed by atoms with Crippen LogP contribution in [0.4, 0.5) is 5.95 Å². The molecule has 1 atom stereocenters. The van der Waals surface area contributed by atoms with E-state index in [-0.39, 0.29) is 6.10 Å². The predicted molar refractivity (Wildman–Crippen MR) is 64.5 cm³/mol. The Morgan fingerprint density at radius 2 is 2.38 bits per heavy atom. The molecule has 0 aliphatic carbocycles. The minimum absolute atomic E-state index is 0.285. The van der Waals surface area contributed by atoms with Gasteiger partial charge in [-0.1, -0.05) is 12.8 Å². The monoisotopic (exact) mass is 219 g/mol. The van der Waals surface area contributed by atoms with E-state index in [1.54, 1.807) is 13.1 Å². The molecule has 0 bridgehead atoms. The summed E-state index contributed by atoms with van der Waals surface area (Å²) in [6, 6.07) is 0. The number of aromatic nitrogens is 2. The molecule has 0 aliphatic heterocycles. The van der Waals surface area contributed by atoms with Crippen molar-refractivity contribution in [1.82, 2.24) is 9.97 Å². The van der Waals surface area contributed by atoms with Crippen molar-refractivity contribution in [3.63, 3.8) is 0 Å². The van der Waals surface area contributed by atoms with Gasteiger partial charge in [0, 0.05) is 18.3 Å². The number of hydrogen-bond acceptors (Lipinski definition) is 4. The Kier molecular flexibility index (Phi) is 4.59. The fraction of sp³-hybridized carbons (Fsp3) is 0.500. The van der Waals surface area contributed by atoms with E-state index >= 15 is 0 Å². The fourth-order valence-corrected chi connectivity index (χ4v) is 1.07. The van der Waals surface area contributed by atoms with Crippen LogP contribution in [-0.2, 0) is 0 Å². The highest BCUT2D eigenvalue weighted by molar-refractivity contribution is 5.32. The van der Waals surface area contributed by atoms with E-state index in [4.69, 9.17) is 11.2 Å². The lowest BCUT2D eigenvalue weighted by molar-refractivity contribution is 0.265. The number of nitrogens with zero attached hydrogens (tertiary/aromatic N) is 2. The van der Waals surface area contributed by atoms with Crippen molar-refractivity contribution in [3.8, 4) is 18.2 Å². The molecule has 0 saturated heterocycles. The molecule has 16 heavy (non-hydrogen) atoms. The third-order valence-electron chi connectivity index (χ3n) is 1.98. The van der Waals surface area contributed by atoms with Crippen molar-refractivity contribution in [1.29, 1.82) is 0 Å². The summed E-state index contributed by atoms with van der Waals surface area (Å²) >= 11 is 0. The fourth-order valence-electron chi connectivity index (χ4n) is 1.07. The first-order valence-corrected chi connectivity index (χ1v) is 5.37. The van der Waals surface area contributed by atoms with Crippen LogP contribution < -0.4 is 10.1 Å². The van der Waals surface area contributed by atoms with Crippen molar-refractivity contribution >= 4 is 5.95 Å². The van der Waals surface area contributed by atoms with Crippen LogP contribution in [0.2, 0.25) is 0 Å². The number of anilines is 1. The first-order chi connectivity index (χ1) is 7.67. The molecule has 1 heterocycles. The second-order valence-corrected chi connectivity index (χ2v) is 3.54. The van der Waals surface area contributed by atoms with Crippen LogP contribution in [0.5, 0.6) is 5.88 Å². The maximum atomic E-state index is 5.49. The maximum absolute atomic E-state index is 5.49. The summed E-state index contributed by atoms with van der Waals surface area (Å²) in [5.74, 6) is 3.62. The summed E-state index contributed by atoms with van der Waals surface area (Å²) in [6.45, 7) is 6.62. The lowest BCUT2D eigenvalue weighted by atomic mass is 10.3. The number of nitrogens with one attached hydrogen (secondary N) is 1. The molecule has 0 aliphatic rings. The smallest absolute Gasteiger partial charge is 0.225 e. The maximum Gasteiger partial charge on any atom is 0.225 e. The number of ether oxygens (including phenoxy) is 1. The van der Waals surface area contributed by atoms with Crippen LogP contribution >= 0.6 is 0 Å². The lowest BCUT2D eigenvalue weighted by Gasteiger charge is -2.11. The van der Waals surface area contributed by atoms with Crippen LogP contribution in [0.1, 0.15) is 25.8 Å². The zero-order valence-corrected chi connectivity index (χ0v) is 9.95. The molecule has 1 aromatic rings. The van der Waals surface area contributed by atoms with Gasteiger partial charge < -0.3 is 10.1 Å². The van der Waals surface area contributed by atoms with Gasteiger partial charge in [-0.3, -0.25) is 0 Å². The van der Waals surface area contributed by atoms with Crippen LogP contribution in [0.15, 0.2) is 6.20 Å². The van der Waals surface area contributed by atoms with Gasteiger partial charge in [0.1, 0.15) is 0 Å². The van der Waals surface area contributed by atoms with Crippen LogP contribution in [0.3, 0.4) is 0 Å². The van der Waals surface area contributed by atoms with E-state index in [1.165, 1.54) is 0 Å². The Hall–Kier alpha value is -1.76. The van der Waals surface area contributed by atoms with E-state index in [0.717, 1.165) is 18.5 Å². The van der Waals surface area contributed by atoms with E-state index < -0.39 is 0 Å². The molecular formula is C12H17N3O. The third-order valence-corrected chi connectivity index (χ3v) is 1.98.